The predicted molar refractivity (Wildman–Crippen MR) is 66.0 cm³/mol. The third kappa shape index (κ3) is 2.70. The minimum Gasteiger partial charge on any atom is -0.241 e. The second-order valence-corrected chi connectivity index (χ2v) is 6.30. The van der Waals surface area contributed by atoms with Crippen LogP contribution in [-0.4, -0.2) is 30.3 Å². The maximum Gasteiger partial charge on any atom is 0.263 e. The van der Waals surface area contributed by atoms with Crippen LogP contribution in [0.3, 0.4) is 0 Å². The third-order valence-electron chi connectivity index (χ3n) is 2.96. The Bertz CT molecular complexity index is 515. The lowest BCUT2D eigenvalue weighted by molar-refractivity contribution is 0.390. The number of rotatable bonds is 6. The van der Waals surface area contributed by atoms with Crippen molar-refractivity contribution in [3.8, 4) is 0 Å². The number of nitrogens with zero attached hydrogens (tertiary/aromatic N) is 2. The van der Waals surface area contributed by atoms with E-state index in [9.17, 15) is 12.8 Å². The van der Waals surface area contributed by atoms with Gasteiger partial charge < -0.3 is 0 Å². The smallest absolute Gasteiger partial charge is 0.241 e. The average Bonchev–Trinajstić information content (AvgIpc) is 3.14. The van der Waals surface area contributed by atoms with E-state index in [0.717, 1.165) is 31.7 Å². The van der Waals surface area contributed by atoms with Crippen LogP contribution in [0, 0.1) is 5.82 Å². The lowest BCUT2D eigenvalue weighted by Crippen LogP contribution is -2.35. The Morgan fingerprint density at radius 1 is 1.50 bits per heavy atom. The monoisotopic (exact) mass is 272 g/mol. The first kappa shape index (κ1) is 13.4. The van der Waals surface area contributed by atoms with Gasteiger partial charge in [-0.15, -0.1) is 0 Å². The highest BCUT2D eigenvalue weighted by atomic mass is 32.2. The number of hydrogen-bond acceptors (Lipinski definition) is 3. The Morgan fingerprint density at radius 2 is 2.22 bits per heavy atom. The van der Waals surface area contributed by atoms with Crippen LogP contribution < -0.4 is 0 Å². The van der Waals surface area contributed by atoms with E-state index in [1.165, 1.54) is 16.6 Å². The standard InChI is InChI=1S/C12H17FN2O2S/c1-2-3-9-15(10-6-7-10)18(16,17)12-11(13)5-4-8-14-12/h4-5,8,10H,2-3,6-7,9H2,1H3. The zero-order valence-electron chi connectivity index (χ0n) is 10.3. The zero-order valence-corrected chi connectivity index (χ0v) is 11.2. The van der Waals surface area contributed by atoms with E-state index in [0.29, 0.717) is 6.54 Å². The van der Waals surface area contributed by atoms with E-state index in [1.54, 1.807) is 0 Å². The normalized spacial score (nSPS) is 16.2. The molecule has 4 nitrogen and oxygen atoms in total. The maximum atomic E-state index is 13.6. The molecule has 18 heavy (non-hydrogen) atoms. The van der Waals surface area contributed by atoms with Crippen LogP contribution in [0.1, 0.15) is 32.6 Å². The Balaban J connectivity index is 2.30. The van der Waals surface area contributed by atoms with Crippen LogP contribution >= 0.6 is 0 Å². The summed E-state index contributed by atoms with van der Waals surface area (Å²) in [5.41, 5.74) is 0. The van der Waals surface area contributed by atoms with Gasteiger partial charge in [-0.05, 0) is 31.4 Å². The van der Waals surface area contributed by atoms with Crippen LogP contribution in [0.2, 0.25) is 0 Å². The van der Waals surface area contributed by atoms with Crippen LogP contribution in [0.5, 0.6) is 0 Å². The molecule has 1 aromatic rings. The van der Waals surface area contributed by atoms with Crippen molar-refractivity contribution in [1.82, 2.24) is 9.29 Å². The van der Waals surface area contributed by atoms with Crippen molar-refractivity contribution < 1.29 is 12.8 Å². The number of pyridine rings is 1. The molecule has 0 aliphatic heterocycles. The molecule has 0 unspecified atom stereocenters. The number of aromatic nitrogens is 1. The lowest BCUT2D eigenvalue weighted by atomic mass is 10.3. The van der Waals surface area contributed by atoms with Gasteiger partial charge in [0.1, 0.15) is 0 Å². The molecule has 0 radical (unpaired) electrons. The Kier molecular flexibility index (Phi) is 3.97. The highest BCUT2D eigenvalue weighted by molar-refractivity contribution is 7.89. The van der Waals surface area contributed by atoms with Crippen LogP contribution in [0.25, 0.3) is 0 Å². The zero-order chi connectivity index (χ0) is 13.2. The fourth-order valence-electron chi connectivity index (χ4n) is 1.85. The van der Waals surface area contributed by atoms with Gasteiger partial charge in [0, 0.05) is 18.8 Å². The summed E-state index contributed by atoms with van der Waals surface area (Å²) in [5, 5.41) is -0.451. The molecule has 0 bridgehead atoms. The topological polar surface area (TPSA) is 50.3 Å². The Morgan fingerprint density at radius 3 is 2.78 bits per heavy atom. The Labute approximate surface area is 107 Å². The van der Waals surface area contributed by atoms with Crippen LogP contribution in [0.15, 0.2) is 23.4 Å². The highest BCUT2D eigenvalue weighted by Crippen LogP contribution is 2.32. The quantitative estimate of drug-likeness (QED) is 0.797. The first-order chi connectivity index (χ1) is 8.57. The first-order valence-corrected chi connectivity index (χ1v) is 7.63. The van der Waals surface area contributed by atoms with Crippen LogP contribution in [0.4, 0.5) is 4.39 Å². The second kappa shape index (κ2) is 5.32. The fraction of sp³-hybridized carbons (Fsp3) is 0.583. The molecule has 1 aromatic heterocycles. The first-order valence-electron chi connectivity index (χ1n) is 6.19. The van der Waals surface area contributed by atoms with E-state index in [1.807, 2.05) is 6.92 Å². The second-order valence-electron chi connectivity index (χ2n) is 4.49. The maximum absolute atomic E-state index is 13.6. The fourth-order valence-corrected chi connectivity index (χ4v) is 3.55. The summed E-state index contributed by atoms with van der Waals surface area (Å²) >= 11 is 0. The van der Waals surface area contributed by atoms with Gasteiger partial charge in [0.25, 0.3) is 10.0 Å². The number of halogens is 1. The molecule has 1 fully saturated rings. The molecule has 0 atom stereocenters. The summed E-state index contributed by atoms with van der Waals surface area (Å²) in [7, 11) is -3.79. The SMILES string of the molecule is CCCCN(C1CC1)S(=O)(=O)c1ncccc1F. The van der Waals surface area contributed by atoms with Crippen molar-refractivity contribution in [2.24, 2.45) is 0 Å². The predicted octanol–water partition coefficient (Wildman–Crippen LogP) is 2.17. The van der Waals surface area contributed by atoms with Crippen molar-refractivity contribution in [3.05, 3.63) is 24.1 Å². The summed E-state index contributed by atoms with van der Waals surface area (Å²) in [6.07, 6.45) is 4.71. The van der Waals surface area contributed by atoms with Gasteiger partial charge in [-0.2, -0.15) is 4.31 Å². The van der Waals surface area contributed by atoms with Gasteiger partial charge >= 0.3 is 0 Å². The van der Waals surface area contributed by atoms with Gasteiger partial charge in [0.05, 0.1) is 0 Å². The summed E-state index contributed by atoms with van der Waals surface area (Å²) < 4.78 is 39.7. The molecule has 0 saturated heterocycles. The third-order valence-corrected chi connectivity index (χ3v) is 4.85. The lowest BCUT2D eigenvalue weighted by Gasteiger charge is -2.21. The minimum absolute atomic E-state index is 0.0305. The van der Waals surface area contributed by atoms with E-state index < -0.39 is 20.9 Å². The van der Waals surface area contributed by atoms with Crippen molar-refractivity contribution in [2.45, 2.75) is 43.7 Å². The van der Waals surface area contributed by atoms with Crippen LogP contribution in [-0.2, 0) is 10.0 Å². The molecule has 2 rings (SSSR count). The van der Waals surface area contributed by atoms with Gasteiger partial charge in [-0.3, -0.25) is 0 Å². The van der Waals surface area contributed by atoms with Gasteiger partial charge in [-0.1, -0.05) is 13.3 Å². The van der Waals surface area contributed by atoms with Gasteiger partial charge in [0.15, 0.2) is 5.82 Å². The largest absolute Gasteiger partial charge is 0.263 e. The van der Waals surface area contributed by atoms with E-state index in [-0.39, 0.29) is 6.04 Å². The molecule has 1 aliphatic carbocycles. The summed E-state index contributed by atoms with van der Waals surface area (Å²) in [4.78, 5) is 3.68. The van der Waals surface area contributed by atoms with Crippen molar-refractivity contribution in [1.29, 1.82) is 0 Å². The van der Waals surface area contributed by atoms with Crippen molar-refractivity contribution in [3.63, 3.8) is 0 Å². The Hall–Kier alpha value is -1.01. The van der Waals surface area contributed by atoms with E-state index >= 15 is 0 Å². The molecule has 1 saturated carbocycles. The van der Waals surface area contributed by atoms with Crippen molar-refractivity contribution >= 4 is 10.0 Å². The summed E-state index contributed by atoms with van der Waals surface area (Å²) in [6.45, 7) is 2.44. The molecule has 1 heterocycles. The molecule has 100 valence electrons. The molecule has 1 aliphatic rings. The number of hydrogen-bond donors (Lipinski definition) is 0. The van der Waals surface area contributed by atoms with E-state index in [4.69, 9.17) is 0 Å². The molecule has 0 N–H and O–H groups in total. The summed E-state index contributed by atoms with van der Waals surface area (Å²) in [5.74, 6) is -0.778. The van der Waals surface area contributed by atoms with Gasteiger partial charge in [0.2, 0.25) is 5.03 Å². The molecule has 6 heteroatoms. The average molecular weight is 272 g/mol. The molecule has 0 amide bonds. The minimum atomic E-state index is -3.79. The molecular weight excluding hydrogens is 255 g/mol. The molecular formula is C12H17FN2O2S. The number of unbranched alkanes of at least 4 members (excludes halogenated alkanes) is 1. The summed E-state index contributed by atoms with van der Waals surface area (Å²) in [6, 6.07) is 2.55. The van der Waals surface area contributed by atoms with Crippen molar-refractivity contribution in [2.75, 3.05) is 6.54 Å². The highest BCUT2D eigenvalue weighted by Gasteiger charge is 2.39. The van der Waals surface area contributed by atoms with E-state index in [2.05, 4.69) is 4.98 Å². The van der Waals surface area contributed by atoms with Gasteiger partial charge in [-0.25, -0.2) is 17.8 Å². The molecule has 0 spiro atoms. The number of sulfonamides is 1. The molecule has 0 aromatic carbocycles.